The van der Waals surface area contributed by atoms with Crippen molar-refractivity contribution in [2.45, 2.75) is 269 Å². The zero-order valence-electron chi connectivity index (χ0n) is 53.6. The third kappa shape index (κ3) is 18.4. The fourth-order valence-corrected chi connectivity index (χ4v) is 25.3. The fraction of sp³-hybridized carbons (Fsp3) is 0.781. The van der Waals surface area contributed by atoms with E-state index in [9.17, 15) is 5.11 Å². The number of hydrogen-bond acceptors (Lipinski definition) is 10. The van der Waals surface area contributed by atoms with Gasteiger partial charge in [0.2, 0.25) is 8.32 Å². The molecule has 0 spiro atoms. The number of aliphatic hydroxyl groups excluding tert-OH is 1. The Kier molecular flexibility index (Phi) is 28.3. The molecule has 3 rings (SSSR count). The highest BCUT2D eigenvalue weighted by Gasteiger charge is 2.49. The average molecular weight is 1160 g/mol. The average Bonchev–Trinajstić information content (AvgIpc) is 3.38. The first-order valence-corrected chi connectivity index (χ1v) is 39.3. The first-order valence-electron chi connectivity index (χ1n) is 30.3. The summed E-state index contributed by atoms with van der Waals surface area (Å²) < 4.78 is 77.7. The van der Waals surface area contributed by atoms with Gasteiger partial charge >= 0.3 is 0 Å². The molecular weight excluding hydrogens is 1050 g/mol. The summed E-state index contributed by atoms with van der Waals surface area (Å²) in [4.78, 5) is 0.260. The standard InChI is InChI=1S/C64H116O10SSi3/c1-24-77(25-2,44(3)4)74-62(63(70-21)61(71-43-53-31-34-55(68-19)35-32-53)51(14)37-48(11)42-72-76(22,23)64(16,17)18)52(15)38-50(13)60(75(66,67)56-29-27-26-28-30-56)41-57(65)49(12)39-54-33-36-58(59(40-54)69-20)73-78(45(5)6,46(7)8)47(9)10/h26-32,34-35,38,44-51,54,57-63,65H,24-25,33,36-37,39-43H2,1-23H3/b52-38+/t48-,49+,50+,51+,54-,57-,58+,59+,60+,61+,62+,63-/m0/s1. The van der Waals surface area contributed by atoms with Crippen LogP contribution in [0.5, 0.6) is 5.75 Å². The van der Waals surface area contributed by atoms with Crippen LogP contribution in [0.1, 0.15) is 169 Å². The molecule has 1 N–H and O–H groups in total. The van der Waals surface area contributed by atoms with Crippen molar-refractivity contribution in [3.63, 3.8) is 0 Å². The summed E-state index contributed by atoms with van der Waals surface area (Å²) in [7, 11) is -5.23. The highest BCUT2D eigenvalue weighted by Crippen LogP contribution is 2.46. The Bertz CT molecular complexity index is 2140. The zero-order valence-corrected chi connectivity index (χ0v) is 57.4. The Hall–Kier alpha value is -1.70. The molecule has 0 heterocycles. The maximum Gasteiger partial charge on any atom is 0.200 e. The van der Waals surface area contributed by atoms with Crippen LogP contribution in [0.25, 0.3) is 0 Å². The lowest BCUT2D eigenvalue weighted by Gasteiger charge is -2.48. The van der Waals surface area contributed by atoms with Crippen LogP contribution in [0, 0.1) is 29.6 Å². The summed E-state index contributed by atoms with van der Waals surface area (Å²) in [6, 6.07) is 18.6. The van der Waals surface area contributed by atoms with Gasteiger partial charge in [0.1, 0.15) is 11.9 Å². The van der Waals surface area contributed by atoms with Crippen molar-refractivity contribution < 1.29 is 45.7 Å². The smallest absolute Gasteiger partial charge is 0.200 e. The molecule has 0 saturated heterocycles. The predicted molar refractivity (Wildman–Crippen MR) is 334 cm³/mol. The van der Waals surface area contributed by atoms with E-state index in [1.54, 1.807) is 38.5 Å². The first-order chi connectivity index (χ1) is 36.3. The molecule has 1 aliphatic carbocycles. The van der Waals surface area contributed by atoms with E-state index in [-0.39, 0.29) is 46.3 Å². The van der Waals surface area contributed by atoms with E-state index in [1.807, 2.05) is 44.4 Å². The topological polar surface area (TPSA) is 119 Å². The van der Waals surface area contributed by atoms with Crippen molar-refractivity contribution in [2.75, 3.05) is 27.9 Å². The number of benzene rings is 2. The van der Waals surface area contributed by atoms with E-state index in [0.717, 1.165) is 61.1 Å². The van der Waals surface area contributed by atoms with Crippen molar-refractivity contribution in [1.82, 2.24) is 0 Å². The van der Waals surface area contributed by atoms with Crippen LogP contribution in [0.2, 0.25) is 52.4 Å². The Morgan fingerprint density at radius 3 is 1.82 bits per heavy atom. The maximum atomic E-state index is 15.1. The predicted octanol–water partition coefficient (Wildman–Crippen LogP) is 16.6. The third-order valence-corrected chi connectivity index (χ3v) is 37.2. The molecule has 1 aliphatic rings. The molecule has 0 aromatic heterocycles. The quantitative estimate of drug-likeness (QED) is 0.0536. The molecule has 1 saturated carbocycles. The van der Waals surface area contributed by atoms with Crippen LogP contribution < -0.4 is 4.74 Å². The number of methoxy groups -OCH3 is 3. The molecule has 2 aromatic rings. The SMILES string of the molecule is CC[Si](CC)(O[C@H](/C(C)=C/[C@@H](C)[C@@H](C[C@H](O)[C@H](C)C[C@@H]1CC[C@@H](O[Si](C(C)C)(C(C)C)C(C)C)[C@H](OC)C1)S(=O)(=O)c1ccccc1)[C@@H](OC)[C@H](OCc1ccc(OC)cc1)[C@H](C)C[C@H](C)CO[Si](C)(C)C(C)(C)C)C(C)C. The Morgan fingerprint density at radius 1 is 0.756 bits per heavy atom. The van der Waals surface area contributed by atoms with Gasteiger partial charge in [0.15, 0.2) is 26.5 Å². The Morgan fingerprint density at radius 2 is 1.33 bits per heavy atom. The minimum atomic E-state index is -3.93. The number of sulfone groups is 1. The lowest BCUT2D eigenvalue weighted by molar-refractivity contribution is -0.122. The van der Waals surface area contributed by atoms with Gasteiger partial charge in [0, 0.05) is 20.8 Å². The van der Waals surface area contributed by atoms with E-state index in [1.165, 1.54) is 0 Å². The van der Waals surface area contributed by atoms with E-state index in [2.05, 4.69) is 137 Å². The van der Waals surface area contributed by atoms with Crippen LogP contribution in [-0.4, -0.2) is 108 Å². The molecule has 0 amide bonds. The number of hydrogen-bond donors (Lipinski definition) is 1. The summed E-state index contributed by atoms with van der Waals surface area (Å²) in [6.07, 6.45) is 4.25. The summed E-state index contributed by atoms with van der Waals surface area (Å²) in [6.45, 7) is 46.3. The highest BCUT2D eigenvalue weighted by atomic mass is 32.2. The fourth-order valence-electron chi connectivity index (χ4n) is 13.0. The second-order valence-electron chi connectivity index (χ2n) is 26.8. The first kappa shape index (κ1) is 70.6. The molecule has 1 fully saturated rings. The molecule has 0 bridgehead atoms. The van der Waals surface area contributed by atoms with Gasteiger partial charge in [-0.2, -0.15) is 0 Å². The Labute approximate surface area is 481 Å². The molecular formula is C64H116O10SSi3. The highest BCUT2D eigenvalue weighted by molar-refractivity contribution is 7.92. The van der Waals surface area contributed by atoms with Crippen molar-refractivity contribution in [2.24, 2.45) is 29.6 Å². The molecule has 12 atom stereocenters. The van der Waals surface area contributed by atoms with Gasteiger partial charge < -0.3 is 37.3 Å². The lowest BCUT2D eigenvalue weighted by Crippen LogP contribution is -2.53. The van der Waals surface area contributed by atoms with Crippen LogP contribution in [0.3, 0.4) is 0 Å². The molecule has 450 valence electrons. The maximum absolute atomic E-state index is 15.1. The summed E-state index contributed by atoms with van der Waals surface area (Å²) in [5, 5.41) is 11.5. The zero-order chi connectivity index (χ0) is 59.1. The van der Waals surface area contributed by atoms with Crippen LogP contribution in [-0.2, 0) is 43.9 Å². The number of allylic oxidation sites excluding steroid dienone is 1. The minimum Gasteiger partial charge on any atom is -0.497 e. The molecule has 10 nitrogen and oxygen atoms in total. The van der Waals surface area contributed by atoms with Crippen molar-refractivity contribution in [1.29, 1.82) is 0 Å². The van der Waals surface area contributed by atoms with Crippen molar-refractivity contribution >= 4 is 34.8 Å². The van der Waals surface area contributed by atoms with Crippen LogP contribution in [0.15, 0.2) is 71.1 Å². The Balaban J connectivity index is 2.11. The summed E-state index contributed by atoms with van der Waals surface area (Å²) >= 11 is 0. The van der Waals surface area contributed by atoms with Gasteiger partial charge in [0.25, 0.3) is 0 Å². The largest absolute Gasteiger partial charge is 0.497 e. The van der Waals surface area contributed by atoms with Gasteiger partial charge in [-0.3, -0.25) is 0 Å². The molecule has 0 radical (unpaired) electrons. The van der Waals surface area contributed by atoms with Crippen LogP contribution >= 0.6 is 0 Å². The van der Waals surface area contributed by atoms with E-state index < -0.39 is 70.4 Å². The summed E-state index contributed by atoms with van der Waals surface area (Å²) in [5.74, 6) is 0.734. The van der Waals surface area contributed by atoms with Gasteiger partial charge in [-0.05, 0) is 163 Å². The van der Waals surface area contributed by atoms with Crippen molar-refractivity contribution in [3.05, 3.63) is 71.8 Å². The summed E-state index contributed by atoms with van der Waals surface area (Å²) in [5.41, 5.74) is 3.68. The number of rotatable bonds is 34. The minimum absolute atomic E-state index is 0.0280. The van der Waals surface area contributed by atoms with Gasteiger partial charge in [0.05, 0.1) is 54.4 Å². The van der Waals surface area contributed by atoms with Crippen molar-refractivity contribution in [3.8, 4) is 5.75 Å². The van der Waals surface area contributed by atoms with Crippen LogP contribution in [0.4, 0.5) is 0 Å². The van der Waals surface area contributed by atoms with Gasteiger partial charge in [-0.1, -0.05) is 154 Å². The molecule has 14 heteroatoms. The molecule has 2 aromatic carbocycles. The second-order valence-corrected chi connectivity index (χ2v) is 44.1. The number of ether oxygens (including phenoxy) is 4. The monoisotopic (exact) mass is 1160 g/mol. The van der Waals surface area contributed by atoms with E-state index in [4.69, 9.17) is 32.2 Å². The van der Waals surface area contributed by atoms with E-state index >= 15 is 8.42 Å². The van der Waals surface area contributed by atoms with Gasteiger partial charge in [-0.15, -0.1) is 0 Å². The van der Waals surface area contributed by atoms with E-state index in [0.29, 0.717) is 41.3 Å². The molecule has 0 unspecified atom stereocenters. The lowest BCUT2D eigenvalue weighted by atomic mass is 9.78. The third-order valence-electron chi connectivity index (χ3n) is 19.0. The second kappa shape index (κ2) is 31.3. The molecule has 0 aliphatic heterocycles. The normalized spacial score (nSPS) is 21.1. The number of aliphatic hydroxyl groups is 1. The molecule has 78 heavy (non-hydrogen) atoms. The van der Waals surface area contributed by atoms with Gasteiger partial charge in [-0.25, -0.2) is 8.42 Å².